The average molecular weight is 283 g/mol. The lowest BCUT2D eigenvalue weighted by Crippen LogP contribution is -2.03. The molecular weight excluding hydrogens is 270 g/mol. The number of benzene rings is 1. The highest BCUT2D eigenvalue weighted by molar-refractivity contribution is 5.68. The lowest BCUT2D eigenvalue weighted by Gasteiger charge is -2.02. The molecule has 0 atom stereocenters. The molecule has 0 spiro atoms. The van der Waals surface area contributed by atoms with Crippen LogP contribution in [0.1, 0.15) is 5.82 Å². The summed E-state index contributed by atoms with van der Waals surface area (Å²) < 4.78 is 10.2. The van der Waals surface area contributed by atoms with Crippen LogP contribution in [-0.2, 0) is 11.3 Å². The minimum absolute atomic E-state index is 0.289. The number of anilines is 1. The van der Waals surface area contributed by atoms with Crippen LogP contribution in [0.4, 0.5) is 5.82 Å². The van der Waals surface area contributed by atoms with Gasteiger partial charge < -0.3 is 15.0 Å². The first-order valence-electron chi connectivity index (χ1n) is 6.28. The standard InChI is InChI=1S/C14H13N5O2/c1-20-8-11-16-7-10(12(15)17-11)13-18-14(21-19-13)9-5-3-2-4-6-9/h2-7H,8H2,1H3,(H2,15,16,17). The summed E-state index contributed by atoms with van der Waals surface area (Å²) >= 11 is 0. The van der Waals surface area contributed by atoms with Gasteiger partial charge in [0.05, 0.1) is 5.56 Å². The monoisotopic (exact) mass is 283 g/mol. The van der Waals surface area contributed by atoms with Crippen LogP contribution in [0.3, 0.4) is 0 Å². The van der Waals surface area contributed by atoms with Crippen molar-refractivity contribution in [3.8, 4) is 22.8 Å². The van der Waals surface area contributed by atoms with Crippen LogP contribution in [0, 0.1) is 0 Å². The van der Waals surface area contributed by atoms with Crippen molar-refractivity contribution in [1.82, 2.24) is 20.1 Å². The van der Waals surface area contributed by atoms with Crippen molar-refractivity contribution in [2.24, 2.45) is 0 Å². The molecule has 2 heterocycles. The predicted molar refractivity (Wildman–Crippen MR) is 75.9 cm³/mol. The number of aromatic nitrogens is 4. The molecule has 0 aliphatic carbocycles. The molecule has 21 heavy (non-hydrogen) atoms. The van der Waals surface area contributed by atoms with Gasteiger partial charge in [0, 0.05) is 18.9 Å². The van der Waals surface area contributed by atoms with Gasteiger partial charge in [0.25, 0.3) is 5.89 Å². The maximum atomic E-state index is 5.90. The van der Waals surface area contributed by atoms with Gasteiger partial charge in [-0.25, -0.2) is 9.97 Å². The summed E-state index contributed by atoms with van der Waals surface area (Å²) in [6, 6.07) is 9.49. The van der Waals surface area contributed by atoms with Crippen molar-refractivity contribution in [3.63, 3.8) is 0 Å². The summed E-state index contributed by atoms with van der Waals surface area (Å²) in [7, 11) is 1.57. The third-order valence-corrected chi connectivity index (χ3v) is 2.83. The Morgan fingerprint density at radius 2 is 2.00 bits per heavy atom. The topological polar surface area (TPSA) is 100.0 Å². The van der Waals surface area contributed by atoms with E-state index in [4.69, 9.17) is 15.0 Å². The zero-order valence-electron chi connectivity index (χ0n) is 11.4. The van der Waals surface area contributed by atoms with Crippen LogP contribution in [0.15, 0.2) is 41.1 Å². The molecule has 3 rings (SSSR count). The fourth-order valence-corrected chi connectivity index (χ4v) is 1.84. The Bertz CT molecular complexity index is 742. The molecule has 7 heteroatoms. The van der Waals surface area contributed by atoms with E-state index in [2.05, 4.69) is 20.1 Å². The maximum absolute atomic E-state index is 5.90. The molecule has 0 bridgehead atoms. The molecule has 0 saturated heterocycles. The molecule has 1 aromatic carbocycles. The number of nitrogens with zero attached hydrogens (tertiary/aromatic N) is 4. The predicted octanol–water partition coefficient (Wildman–Crippen LogP) is 1.92. The van der Waals surface area contributed by atoms with Gasteiger partial charge in [0.1, 0.15) is 12.4 Å². The Morgan fingerprint density at radius 1 is 1.19 bits per heavy atom. The van der Waals surface area contributed by atoms with Crippen LogP contribution in [-0.4, -0.2) is 27.2 Å². The lowest BCUT2D eigenvalue weighted by molar-refractivity contribution is 0.178. The fourth-order valence-electron chi connectivity index (χ4n) is 1.84. The molecule has 0 fully saturated rings. The zero-order chi connectivity index (χ0) is 14.7. The first-order valence-corrected chi connectivity index (χ1v) is 6.28. The van der Waals surface area contributed by atoms with Gasteiger partial charge in [-0.3, -0.25) is 0 Å². The minimum Gasteiger partial charge on any atom is -0.383 e. The smallest absolute Gasteiger partial charge is 0.258 e. The summed E-state index contributed by atoms with van der Waals surface area (Å²) in [5.74, 6) is 1.57. The molecular formula is C14H13N5O2. The normalized spacial score (nSPS) is 10.7. The van der Waals surface area contributed by atoms with Gasteiger partial charge in [-0.2, -0.15) is 4.98 Å². The summed E-state index contributed by atoms with van der Waals surface area (Å²) in [6.07, 6.45) is 1.57. The molecule has 0 aliphatic heterocycles. The quantitative estimate of drug-likeness (QED) is 0.780. The van der Waals surface area contributed by atoms with Crippen LogP contribution in [0.25, 0.3) is 22.8 Å². The Morgan fingerprint density at radius 3 is 2.71 bits per heavy atom. The molecule has 0 saturated carbocycles. The van der Waals surface area contributed by atoms with Gasteiger partial charge in [0.2, 0.25) is 5.82 Å². The highest BCUT2D eigenvalue weighted by Crippen LogP contribution is 2.24. The summed E-state index contributed by atoms with van der Waals surface area (Å²) in [5, 5.41) is 3.92. The average Bonchev–Trinajstić information content (AvgIpc) is 2.98. The van der Waals surface area contributed by atoms with Crippen molar-refractivity contribution < 1.29 is 9.26 Å². The summed E-state index contributed by atoms with van der Waals surface area (Å²) in [6.45, 7) is 0.298. The van der Waals surface area contributed by atoms with Crippen LogP contribution in [0.5, 0.6) is 0 Å². The van der Waals surface area contributed by atoms with E-state index in [0.29, 0.717) is 29.7 Å². The van der Waals surface area contributed by atoms with E-state index in [0.717, 1.165) is 5.56 Å². The van der Waals surface area contributed by atoms with Crippen molar-refractivity contribution in [1.29, 1.82) is 0 Å². The molecule has 0 amide bonds. The fraction of sp³-hybridized carbons (Fsp3) is 0.143. The van der Waals surface area contributed by atoms with Gasteiger partial charge in [-0.05, 0) is 12.1 Å². The Kier molecular flexibility index (Phi) is 3.57. The Hall–Kier alpha value is -2.80. The molecule has 106 valence electrons. The largest absolute Gasteiger partial charge is 0.383 e. The van der Waals surface area contributed by atoms with E-state index < -0.39 is 0 Å². The van der Waals surface area contributed by atoms with Crippen LogP contribution >= 0.6 is 0 Å². The van der Waals surface area contributed by atoms with E-state index in [9.17, 15) is 0 Å². The third kappa shape index (κ3) is 2.72. The van der Waals surface area contributed by atoms with Gasteiger partial charge in [-0.15, -0.1) is 0 Å². The van der Waals surface area contributed by atoms with E-state index in [1.807, 2.05) is 30.3 Å². The maximum Gasteiger partial charge on any atom is 0.258 e. The lowest BCUT2D eigenvalue weighted by atomic mass is 10.2. The van der Waals surface area contributed by atoms with Crippen molar-refractivity contribution >= 4 is 5.82 Å². The van der Waals surface area contributed by atoms with Gasteiger partial charge in [-0.1, -0.05) is 23.4 Å². The highest BCUT2D eigenvalue weighted by Gasteiger charge is 2.14. The summed E-state index contributed by atoms with van der Waals surface area (Å²) in [5.41, 5.74) is 7.27. The number of rotatable bonds is 4. The zero-order valence-corrected chi connectivity index (χ0v) is 11.4. The van der Waals surface area contributed by atoms with Crippen LogP contribution in [0.2, 0.25) is 0 Å². The van der Waals surface area contributed by atoms with Crippen molar-refractivity contribution in [2.75, 3.05) is 12.8 Å². The van der Waals surface area contributed by atoms with Crippen molar-refractivity contribution in [3.05, 3.63) is 42.4 Å². The molecule has 3 aromatic rings. The van der Waals surface area contributed by atoms with E-state index in [1.54, 1.807) is 13.3 Å². The van der Waals surface area contributed by atoms with E-state index >= 15 is 0 Å². The molecule has 2 aromatic heterocycles. The second-order valence-corrected chi connectivity index (χ2v) is 4.31. The van der Waals surface area contributed by atoms with Crippen molar-refractivity contribution in [2.45, 2.75) is 6.61 Å². The number of nitrogen functional groups attached to an aromatic ring is 1. The SMILES string of the molecule is COCc1ncc(-c2noc(-c3ccccc3)n2)c(N)n1. The molecule has 0 aliphatic rings. The highest BCUT2D eigenvalue weighted by atomic mass is 16.5. The molecule has 0 unspecified atom stereocenters. The second kappa shape index (κ2) is 5.68. The van der Waals surface area contributed by atoms with E-state index in [1.165, 1.54) is 0 Å². The Labute approximate surface area is 120 Å². The summed E-state index contributed by atoms with van der Waals surface area (Å²) in [4.78, 5) is 12.6. The second-order valence-electron chi connectivity index (χ2n) is 4.31. The molecule has 0 radical (unpaired) electrons. The number of hydrogen-bond acceptors (Lipinski definition) is 7. The first-order chi connectivity index (χ1) is 10.3. The molecule has 2 N–H and O–H groups in total. The van der Waals surface area contributed by atoms with Gasteiger partial charge in [0.15, 0.2) is 5.82 Å². The first kappa shape index (κ1) is 13.2. The number of ether oxygens (including phenoxy) is 1. The van der Waals surface area contributed by atoms with Crippen LogP contribution < -0.4 is 5.73 Å². The number of nitrogens with two attached hydrogens (primary N) is 1. The Balaban J connectivity index is 1.93. The third-order valence-electron chi connectivity index (χ3n) is 2.83. The molecule has 7 nitrogen and oxygen atoms in total. The minimum atomic E-state index is 0.289. The van der Waals surface area contributed by atoms with E-state index in [-0.39, 0.29) is 5.82 Å². The number of methoxy groups -OCH3 is 1. The number of hydrogen-bond donors (Lipinski definition) is 1. The van der Waals surface area contributed by atoms with Gasteiger partial charge >= 0.3 is 0 Å².